The highest BCUT2D eigenvalue weighted by Crippen LogP contribution is 2.44. The average Bonchev–Trinajstić information content (AvgIpc) is 3.39. The lowest BCUT2D eigenvalue weighted by Crippen LogP contribution is -2.46. The Morgan fingerprint density at radius 2 is 1.70 bits per heavy atom. The minimum atomic E-state index is -0.886. The summed E-state index contributed by atoms with van der Waals surface area (Å²) < 4.78 is 11.0. The van der Waals surface area contributed by atoms with E-state index in [4.69, 9.17) is 14.6 Å². The van der Waals surface area contributed by atoms with E-state index in [2.05, 4.69) is 34.9 Å². The standard InChI is InChI=1S/C24H26N2O6S/c27-22(28)14-33-10-9-25-23(29)20-11-31-13-21(20)26-24(30)32-12-19-17-7-3-1-5-15(17)16-6-2-4-8-18(16)19/h1-8,19-21H,9-14H2,(H,25,29)(H,26,30)(H,27,28). The molecular weight excluding hydrogens is 444 g/mol. The highest BCUT2D eigenvalue weighted by atomic mass is 32.2. The van der Waals surface area contributed by atoms with Crippen molar-refractivity contribution in [3.8, 4) is 11.1 Å². The molecule has 3 N–H and O–H groups in total. The normalized spacial score (nSPS) is 18.9. The second-order valence-corrected chi connectivity index (χ2v) is 9.06. The number of carbonyl (C=O) groups excluding carboxylic acids is 2. The number of benzene rings is 2. The van der Waals surface area contributed by atoms with E-state index in [-0.39, 0.29) is 37.4 Å². The molecule has 0 saturated carbocycles. The van der Waals surface area contributed by atoms with Crippen LogP contribution in [0.25, 0.3) is 11.1 Å². The van der Waals surface area contributed by atoms with Crippen LogP contribution in [0.15, 0.2) is 48.5 Å². The molecule has 0 spiro atoms. The maximum Gasteiger partial charge on any atom is 0.407 e. The number of ether oxygens (including phenoxy) is 2. The molecule has 174 valence electrons. The van der Waals surface area contributed by atoms with E-state index in [0.29, 0.717) is 12.3 Å². The smallest absolute Gasteiger partial charge is 0.407 e. The third kappa shape index (κ3) is 5.48. The number of hydrogen-bond donors (Lipinski definition) is 3. The lowest BCUT2D eigenvalue weighted by molar-refractivity contribution is -0.134. The molecule has 2 aromatic rings. The summed E-state index contributed by atoms with van der Waals surface area (Å²) in [5, 5.41) is 14.2. The first-order chi connectivity index (χ1) is 16.0. The number of amides is 2. The lowest BCUT2D eigenvalue weighted by atomic mass is 9.98. The summed E-state index contributed by atoms with van der Waals surface area (Å²) in [7, 11) is 0. The fourth-order valence-corrected chi connectivity index (χ4v) is 4.85. The zero-order valence-electron chi connectivity index (χ0n) is 18.0. The number of fused-ring (bicyclic) bond motifs is 3. The molecule has 4 rings (SSSR count). The Morgan fingerprint density at radius 1 is 1.03 bits per heavy atom. The van der Waals surface area contributed by atoms with Crippen molar-refractivity contribution >= 4 is 29.7 Å². The van der Waals surface area contributed by atoms with Crippen LogP contribution in [0.4, 0.5) is 4.79 Å². The predicted octanol–water partition coefficient (Wildman–Crippen LogP) is 2.47. The van der Waals surface area contributed by atoms with Crippen LogP contribution in [-0.2, 0) is 19.1 Å². The van der Waals surface area contributed by atoms with Crippen molar-refractivity contribution in [2.45, 2.75) is 12.0 Å². The first-order valence-electron chi connectivity index (χ1n) is 10.8. The fourth-order valence-electron chi connectivity index (χ4n) is 4.28. The first kappa shape index (κ1) is 23.1. The van der Waals surface area contributed by atoms with Crippen LogP contribution < -0.4 is 10.6 Å². The maximum absolute atomic E-state index is 12.5. The molecule has 2 aliphatic rings. The highest BCUT2D eigenvalue weighted by Gasteiger charge is 2.36. The van der Waals surface area contributed by atoms with Crippen LogP contribution in [0.3, 0.4) is 0 Å². The lowest BCUT2D eigenvalue weighted by Gasteiger charge is -2.20. The van der Waals surface area contributed by atoms with Crippen molar-refractivity contribution in [3.63, 3.8) is 0 Å². The number of rotatable bonds is 9. The number of thioether (sulfide) groups is 1. The Bertz CT molecular complexity index is 984. The van der Waals surface area contributed by atoms with Crippen LogP contribution >= 0.6 is 11.8 Å². The molecule has 0 bridgehead atoms. The van der Waals surface area contributed by atoms with E-state index < -0.39 is 24.0 Å². The number of carboxylic acid groups (broad SMARTS) is 1. The maximum atomic E-state index is 12.5. The molecule has 2 unspecified atom stereocenters. The zero-order chi connectivity index (χ0) is 23.2. The second-order valence-electron chi connectivity index (χ2n) is 7.96. The van der Waals surface area contributed by atoms with Gasteiger partial charge >= 0.3 is 12.1 Å². The van der Waals surface area contributed by atoms with Crippen LogP contribution in [0.5, 0.6) is 0 Å². The molecule has 8 nitrogen and oxygen atoms in total. The van der Waals surface area contributed by atoms with E-state index in [9.17, 15) is 14.4 Å². The molecule has 1 aliphatic heterocycles. The van der Waals surface area contributed by atoms with E-state index in [1.54, 1.807) is 0 Å². The van der Waals surface area contributed by atoms with E-state index >= 15 is 0 Å². The number of carbonyl (C=O) groups is 3. The molecule has 1 aliphatic carbocycles. The van der Waals surface area contributed by atoms with Gasteiger partial charge in [-0.05, 0) is 22.3 Å². The van der Waals surface area contributed by atoms with Gasteiger partial charge in [0.05, 0.1) is 30.9 Å². The number of nitrogens with one attached hydrogen (secondary N) is 2. The van der Waals surface area contributed by atoms with Gasteiger partial charge in [0.1, 0.15) is 6.61 Å². The van der Waals surface area contributed by atoms with Gasteiger partial charge in [-0.15, -0.1) is 11.8 Å². The van der Waals surface area contributed by atoms with Crippen molar-refractivity contribution < 1.29 is 29.0 Å². The third-order valence-electron chi connectivity index (χ3n) is 5.84. The van der Waals surface area contributed by atoms with Gasteiger partial charge in [-0.2, -0.15) is 0 Å². The molecule has 2 atom stereocenters. The van der Waals surface area contributed by atoms with Crippen LogP contribution in [0.1, 0.15) is 17.0 Å². The Kier molecular flexibility index (Phi) is 7.51. The molecule has 1 saturated heterocycles. The van der Waals surface area contributed by atoms with E-state index in [1.165, 1.54) is 11.8 Å². The Morgan fingerprint density at radius 3 is 2.36 bits per heavy atom. The monoisotopic (exact) mass is 470 g/mol. The van der Waals surface area contributed by atoms with Crippen molar-refractivity contribution in [2.24, 2.45) is 5.92 Å². The summed E-state index contributed by atoms with van der Waals surface area (Å²) in [5.74, 6) is -1.18. The summed E-state index contributed by atoms with van der Waals surface area (Å²) in [6, 6.07) is 15.8. The molecule has 33 heavy (non-hydrogen) atoms. The second kappa shape index (κ2) is 10.7. The van der Waals surface area contributed by atoms with Gasteiger partial charge in [-0.3, -0.25) is 9.59 Å². The van der Waals surface area contributed by atoms with Crippen LogP contribution in [-0.4, -0.2) is 67.0 Å². The van der Waals surface area contributed by atoms with Crippen molar-refractivity contribution in [1.29, 1.82) is 0 Å². The largest absolute Gasteiger partial charge is 0.481 e. The Labute approximate surface area is 196 Å². The van der Waals surface area contributed by atoms with Crippen LogP contribution in [0, 0.1) is 5.92 Å². The summed E-state index contributed by atoms with van der Waals surface area (Å²) in [5.41, 5.74) is 4.58. The molecule has 0 radical (unpaired) electrons. The number of alkyl carbamates (subject to hydrolysis) is 1. The van der Waals surface area contributed by atoms with Crippen molar-refractivity contribution in [1.82, 2.24) is 10.6 Å². The third-order valence-corrected chi connectivity index (χ3v) is 6.78. The quantitative estimate of drug-likeness (QED) is 0.483. The molecule has 1 fully saturated rings. The highest BCUT2D eigenvalue weighted by molar-refractivity contribution is 7.99. The molecule has 2 aromatic carbocycles. The van der Waals surface area contributed by atoms with Gasteiger partial charge in [0.2, 0.25) is 5.91 Å². The van der Waals surface area contributed by atoms with Gasteiger partial charge < -0.3 is 25.2 Å². The van der Waals surface area contributed by atoms with Gasteiger partial charge in [-0.25, -0.2) is 4.79 Å². The SMILES string of the molecule is O=C(O)CSCCNC(=O)C1COCC1NC(=O)OCC1c2ccccc2-c2ccccc21. The Balaban J connectivity index is 1.28. The molecular formula is C24H26N2O6S. The predicted molar refractivity (Wildman–Crippen MR) is 124 cm³/mol. The summed E-state index contributed by atoms with van der Waals surface area (Å²) in [6.45, 7) is 0.995. The molecule has 0 aromatic heterocycles. The number of aliphatic carboxylic acids is 1. The van der Waals surface area contributed by atoms with E-state index in [1.807, 2.05) is 24.3 Å². The minimum Gasteiger partial charge on any atom is -0.481 e. The Hall–Kier alpha value is -3.04. The van der Waals surface area contributed by atoms with Crippen molar-refractivity contribution in [3.05, 3.63) is 59.7 Å². The topological polar surface area (TPSA) is 114 Å². The number of hydrogen-bond acceptors (Lipinski definition) is 6. The summed E-state index contributed by atoms with van der Waals surface area (Å²) in [6.07, 6.45) is -0.581. The zero-order valence-corrected chi connectivity index (χ0v) is 18.8. The molecule has 9 heteroatoms. The first-order valence-corrected chi connectivity index (χ1v) is 12.0. The van der Waals surface area contributed by atoms with Crippen LogP contribution in [0.2, 0.25) is 0 Å². The summed E-state index contributed by atoms with van der Waals surface area (Å²) >= 11 is 1.23. The van der Waals surface area contributed by atoms with Gasteiger partial charge in [-0.1, -0.05) is 48.5 Å². The number of carboxylic acids is 1. The summed E-state index contributed by atoms with van der Waals surface area (Å²) in [4.78, 5) is 35.5. The van der Waals surface area contributed by atoms with Crippen molar-refractivity contribution in [2.75, 3.05) is 37.9 Å². The van der Waals surface area contributed by atoms with Gasteiger partial charge in [0.15, 0.2) is 0 Å². The van der Waals surface area contributed by atoms with Gasteiger partial charge in [0, 0.05) is 18.2 Å². The van der Waals surface area contributed by atoms with Gasteiger partial charge in [0.25, 0.3) is 0 Å². The fraction of sp³-hybridized carbons (Fsp3) is 0.375. The van der Waals surface area contributed by atoms with E-state index in [0.717, 1.165) is 22.3 Å². The minimum absolute atomic E-state index is 0.00558. The molecule has 1 heterocycles. The molecule has 2 amide bonds. The average molecular weight is 471 g/mol.